The number of rotatable bonds is 6. The zero-order valence-electron chi connectivity index (χ0n) is 15.9. The number of hydrogen-bond acceptors (Lipinski definition) is 4. The number of carbonyl (C=O) groups is 2. The Morgan fingerprint density at radius 1 is 1.27 bits per heavy atom. The second kappa shape index (κ2) is 7.82. The molecule has 144 valence electrons. The van der Waals surface area contributed by atoms with Gasteiger partial charge in [0, 0.05) is 19.4 Å². The predicted molar refractivity (Wildman–Crippen MR) is 97.7 cm³/mol. The molecule has 1 aromatic heterocycles. The molecule has 2 aliphatic heterocycles. The Balaban J connectivity index is 1.56. The lowest BCUT2D eigenvalue weighted by Crippen LogP contribution is -2.55. The Kier molecular flexibility index (Phi) is 5.70. The van der Waals surface area contributed by atoms with Gasteiger partial charge in [-0.2, -0.15) is 0 Å². The van der Waals surface area contributed by atoms with Crippen molar-refractivity contribution >= 4 is 11.9 Å². The maximum absolute atomic E-state index is 12.2. The molecule has 1 N–H and O–H groups in total. The highest BCUT2D eigenvalue weighted by atomic mass is 16.4. The molecule has 1 aromatic rings. The lowest BCUT2D eigenvalue weighted by Gasteiger charge is -2.48. The van der Waals surface area contributed by atoms with Crippen molar-refractivity contribution in [3.05, 3.63) is 23.7 Å². The summed E-state index contributed by atoms with van der Waals surface area (Å²) in [7, 11) is 0. The average Bonchev–Trinajstić information content (AvgIpc) is 3.06. The second-order valence-corrected chi connectivity index (χ2v) is 7.93. The zero-order valence-corrected chi connectivity index (χ0v) is 15.9. The number of amides is 1. The van der Waals surface area contributed by atoms with Crippen molar-refractivity contribution in [3.8, 4) is 0 Å². The van der Waals surface area contributed by atoms with Gasteiger partial charge in [0.05, 0.1) is 6.54 Å². The lowest BCUT2D eigenvalue weighted by atomic mass is 9.72. The second-order valence-electron chi connectivity index (χ2n) is 7.93. The first-order valence-electron chi connectivity index (χ1n) is 9.75. The Morgan fingerprint density at radius 3 is 2.62 bits per heavy atom. The highest BCUT2D eigenvalue weighted by Gasteiger charge is 2.43. The largest absolute Gasteiger partial charge is 0.480 e. The fraction of sp³-hybridized carbons (Fsp3) is 0.700. The number of aryl methyl sites for hydroxylation is 1. The molecule has 2 aliphatic rings. The number of carboxylic acids is 1. The number of nitrogens with zero attached hydrogens (tertiary/aromatic N) is 2. The molecule has 2 saturated heterocycles. The molecule has 2 fully saturated rings. The molecule has 3 rings (SSSR count). The molecule has 0 radical (unpaired) electrons. The number of furan rings is 1. The third-order valence-electron chi connectivity index (χ3n) is 6.03. The van der Waals surface area contributed by atoms with Crippen molar-refractivity contribution in [1.29, 1.82) is 0 Å². The van der Waals surface area contributed by atoms with Gasteiger partial charge in [-0.25, -0.2) is 4.79 Å². The number of likely N-dealkylation sites (tertiary alicyclic amines) is 2. The molecule has 26 heavy (non-hydrogen) atoms. The Morgan fingerprint density at radius 2 is 1.96 bits per heavy atom. The van der Waals surface area contributed by atoms with E-state index in [1.54, 1.807) is 11.8 Å². The van der Waals surface area contributed by atoms with E-state index in [0.717, 1.165) is 63.3 Å². The van der Waals surface area contributed by atoms with Crippen LogP contribution < -0.4 is 0 Å². The van der Waals surface area contributed by atoms with E-state index in [4.69, 9.17) is 4.42 Å². The summed E-state index contributed by atoms with van der Waals surface area (Å²) in [6.07, 6.45) is 5.43. The maximum Gasteiger partial charge on any atom is 0.326 e. The molecule has 0 aliphatic carbocycles. The lowest BCUT2D eigenvalue weighted by molar-refractivity contribution is -0.155. The third kappa shape index (κ3) is 4.11. The summed E-state index contributed by atoms with van der Waals surface area (Å²) in [5.41, 5.74) is 0.0741. The van der Waals surface area contributed by atoms with Gasteiger partial charge < -0.3 is 14.4 Å². The van der Waals surface area contributed by atoms with E-state index in [1.165, 1.54) is 0 Å². The zero-order chi connectivity index (χ0) is 18.7. The van der Waals surface area contributed by atoms with Crippen molar-refractivity contribution in [3.63, 3.8) is 0 Å². The van der Waals surface area contributed by atoms with E-state index in [0.29, 0.717) is 13.0 Å². The van der Waals surface area contributed by atoms with E-state index >= 15 is 0 Å². The molecule has 6 nitrogen and oxygen atoms in total. The van der Waals surface area contributed by atoms with Gasteiger partial charge in [-0.3, -0.25) is 9.69 Å². The van der Waals surface area contributed by atoms with Crippen LogP contribution in [0.3, 0.4) is 0 Å². The topological polar surface area (TPSA) is 74.0 Å². The Bertz CT molecular complexity index is 646. The van der Waals surface area contributed by atoms with Crippen LogP contribution in [0.5, 0.6) is 0 Å². The van der Waals surface area contributed by atoms with Crippen molar-refractivity contribution in [2.75, 3.05) is 19.6 Å². The summed E-state index contributed by atoms with van der Waals surface area (Å²) < 4.78 is 5.89. The van der Waals surface area contributed by atoms with E-state index < -0.39 is 12.0 Å². The Labute approximate surface area is 155 Å². The molecule has 0 aromatic carbocycles. The summed E-state index contributed by atoms with van der Waals surface area (Å²) in [4.78, 5) is 27.5. The van der Waals surface area contributed by atoms with E-state index in [9.17, 15) is 14.7 Å². The molecule has 0 saturated carbocycles. The SMILES string of the molecule is CCCc1ccc(CN2CCC3(CCC(=O)N([C@@H](C)C(=O)O)C3)CC2)o1. The van der Waals surface area contributed by atoms with Gasteiger partial charge in [0.2, 0.25) is 5.91 Å². The number of aliphatic carboxylic acids is 1. The quantitative estimate of drug-likeness (QED) is 0.842. The highest BCUT2D eigenvalue weighted by Crippen LogP contribution is 2.41. The molecular formula is C20H30N2O4. The van der Waals surface area contributed by atoms with Crippen LogP contribution in [0.2, 0.25) is 0 Å². The first-order chi connectivity index (χ1) is 12.4. The molecule has 0 unspecified atom stereocenters. The fourth-order valence-electron chi connectivity index (χ4n) is 4.23. The van der Waals surface area contributed by atoms with Crippen LogP contribution in [0.15, 0.2) is 16.5 Å². The molecular weight excluding hydrogens is 332 g/mol. The van der Waals surface area contributed by atoms with Gasteiger partial charge in [-0.1, -0.05) is 6.92 Å². The van der Waals surface area contributed by atoms with Crippen molar-refractivity contribution in [2.45, 2.75) is 65.0 Å². The predicted octanol–water partition coefficient (Wildman–Crippen LogP) is 2.91. The number of carboxylic acid groups (broad SMARTS) is 1. The van der Waals surface area contributed by atoms with Crippen molar-refractivity contribution in [2.24, 2.45) is 5.41 Å². The fourth-order valence-corrected chi connectivity index (χ4v) is 4.23. The van der Waals surface area contributed by atoms with E-state index in [1.807, 2.05) is 0 Å². The van der Waals surface area contributed by atoms with Crippen LogP contribution in [0.1, 0.15) is 57.5 Å². The standard InChI is InChI=1S/C20H30N2O4/c1-3-4-16-5-6-17(26-16)13-21-11-9-20(10-12-21)8-7-18(23)22(14-20)15(2)19(24)25/h5-6,15H,3-4,7-14H2,1-2H3,(H,24,25)/t15-/m0/s1. The van der Waals surface area contributed by atoms with Crippen molar-refractivity contribution < 1.29 is 19.1 Å². The minimum atomic E-state index is -0.923. The van der Waals surface area contributed by atoms with Crippen LogP contribution in [-0.4, -0.2) is 52.5 Å². The number of hydrogen-bond donors (Lipinski definition) is 1. The number of piperidine rings is 2. The summed E-state index contributed by atoms with van der Waals surface area (Å²) in [5.74, 6) is 1.13. The van der Waals surface area contributed by atoms with Gasteiger partial charge >= 0.3 is 5.97 Å². The molecule has 3 heterocycles. The summed E-state index contributed by atoms with van der Waals surface area (Å²) in [6.45, 7) is 7.10. The normalized spacial score (nSPS) is 21.9. The van der Waals surface area contributed by atoms with Crippen LogP contribution in [-0.2, 0) is 22.6 Å². The molecule has 1 amide bonds. The van der Waals surface area contributed by atoms with Gasteiger partial charge in [-0.05, 0) is 63.2 Å². The molecule has 0 bridgehead atoms. The van der Waals surface area contributed by atoms with E-state index in [-0.39, 0.29) is 11.3 Å². The molecule has 6 heteroatoms. The highest BCUT2D eigenvalue weighted by molar-refractivity contribution is 5.84. The maximum atomic E-state index is 12.2. The Hall–Kier alpha value is -1.82. The average molecular weight is 362 g/mol. The number of carbonyl (C=O) groups excluding carboxylic acids is 1. The first-order valence-corrected chi connectivity index (χ1v) is 9.75. The first kappa shape index (κ1) is 19.0. The van der Waals surface area contributed by atoms with Gasteiger partial charge in [-0.15, -0.1) is 0 Å². The minimum absolute atomic E-state index is 0.0213. The summed E-state index contributed by atoms with van der Waals surface area (Å²) >= 11 is 0. The third-order valence-corrected chi connectivity index (χ3v) is 6.03. The van der Waals surface area contributed by atoms with E-state index in [2.05, 4.69) is 24.0 Å². The molecule has 1 spiro atoms. The monoisotopic (exact) mass is 362 g/mol. The van der Waals surface area contributed by atoms with Gasteiger partial charge in [0.15, 0.2) is 0 Å². The van der Waals surface area contributed by atoms with Crippen LogP contribution in [0.25, 0.3) is 0 Å². The van der Waals surface area contributed by atoms with Crippen LogP contribution >= 0.6 is 0 Å². The van der Waals surface area contributed by atoms with Crippen LogP contribution in [0, 0.1) is 5.41 Å². The van der Waals surface area contributed by atoms with Crippen LogP contribution in [0.4, 0.5) is 0 Å². The molecule has 1 atom stereocenters. The van der Waals surface area contributed by atoms with Gasteiger partial charge in [0.25, 0.3) is 0 Å². The summed E-state index contributed by atoms with van der Waals surface area (Å²) in [6, 6.07) is 3.41. The van der Waals surface area contributed by atoms with Gasteiger partial charge in [0.1, 0.15) is 17.6 Å². The summed E-state index contributed by atoms with van der Waals surface area (Å²) in [5, 5.41) is 9.27. The minimum Gasteiger partial charge on any atom is -0.480 e. The smallest absolute Gasteiger partial charge is 0.326 e. The van der Waals surface area contributed by atoms with Crippen molar-refractivity contribution in [1.82, 2.24) is 9.80 Å².